The molecule has 0 heterocycles. The summed E-state index contributed by atoms with van der Waals surface area (Å²) in [5.74, 6) is 1.73. The van der Waals surface area contributed by atoms with Gasteiger partial charge in [0.05, 0.1) is 12.9 Å². The third-order valence-corrected chi connectivity index (χ3v) is 6.41. The number of aryl methyl sites for hydroxylation is 1. The highest BCUT2D eigenvalue weighted by molar-refractivity contribution is 7.99. The molecule has 0 aliphatic rings. The van der Waals surface area contributed by atoms with Crippen LogP contribution in [0.2, 0.25) is 0 Å². The Morgan fingerprint density at radius 1 is 1.12 bits per heavy atom. The van der Waals surface area contributed by atoms with Crippen LogP contribution in [0.4, 0.5) is 0 Å². The first kappa shape index (κ1) is 25.8. The number of nitrogens with zero attached hydrogens (tertiary/aromatic N) is 1. The van der Waals surface area contributed by atoms with Crippen LogP contribution in [0.5, 0.6) is 5.75 Å². The molecule has 2 rings (SSSR count). The Labute approximate surface area is 196 Å². The molecule has 0 aromatic heterocycles. The van der Waals surface area contributed by atoms with Gasteiger partial charge in [-0.1, -0.05) is 56.7 Å². The van der Waals surface area contributed by atoms with Crippen molar-refractivity contribution in [3.8, 4) is 5.75 Å². The standard InChI is InChI=1S/C26H36N2O3S/c1-5-7-15-27-26(30)24(6-2)28(17-21-12-10-14-23(16-21)31-4)25(29)19-32-18-22-13-9-8-11-20(22)3/h8-14,16,24H,5-7,15,17-19H2,1-4H3,(H,27,30)/t24-/m1/s1. The summed E-state index contributed by atoms with van der Waals surface area (Å²) in [4.78, 5) is 27.9. The first-order chi connectivity index (χ1) is 15.5. The molecule has 174 valence electrons. The molecule has 0 unspecified atom stereocenters. The van der Waals surface area contributed by atoms with Crippen molar-refractivity contribution in [1.82, 2.24) is 10.2 Å². The van der Waals surface area contributed by atoms with E-state index in [1.165, 1.54) is 11.1 Å². The summed E-state index contributed by atoms with van der Waals surface area (Å²) >= 11 is 1.59. The number of ether oxygens (including phenoxy) is 1. The van der Waals surface area contributed by atoms with E-state index in [4.69, 9.17) is 4.74 Å². The van der Waals surface area contributed by atoms with Gasteiger partial charge in [0.25, 0.3) is 0 Å². The lowest BCUT2D eigenvalue weighted by molar-refractivity contribution is -0.139. The molecule has 0 aliphatic carbocycles. The minimum Gasteiger partial charge on any atom is -0.497 e. The van der Waals surface area contributed by atoms with Gasteiger partial charge in [-0.15, -0.1) is 11.8 Å². The summed E-state index contributed by atoms with van der Waals surface area (Å²) in [6.07, 6.45) is 2.51. The molecular formula is C26H36N2O3S. The van der Waals surface area contributed by atoms with Gasteiger partial charge in [-0.3, -0.25) is 9.59 Å². The molecule has 0 spiro atoms. The fraction of sp³-hybridized carbons (Fsp3) is 0.462. The SMILES string of the molecule is CCCCNC(=O)[C@@H](CC)N(Cc1cccc(OC)c1)C(=O)CSCc1ccccc1C. The van der Waals surface area contributed by atoms with Gasteiger partial charge in [-0.05, 0) is 48.6 Å². The molecule has 6 heteroatoms. The van der Waals surface area contributed by atoms with E-state index in [2.05, 4.69) is 31.3 Å². The lowest BCUT2D eigenvalue weighted by atomic mass is 10.1. The number of amides is 2. The monoisotopic (exact) mass is 456 g/mol. The van der Waals surface area contributed by atoms with Crippen LogP contribution in [-0.2, 0) is 21.9 Å². The second-order valence-electron chi connectivity index (χ2n) is 7.86. The Kier molecular flexibility index (Phi) is 11.2. The number of benzene rings is 2. The fourth-order valence-corrected chi connectivity index (χ4v) is 4.48. The summed E-state index contributed by atoms with van der Waals surface area (Å²) in [5.41, 5.74) is 3.40. The van der Waals surface area contributed by atoms with Gasteiger partial charge in [0, 0.05) is 18.8 Å². The first-order valence-electron chi connectivity index (χ1n) is 11.3. The molecule has 0 fully saturated rings. The molecule has 0 radical (unpaired) electrons. The van der Waals surface area contributed by atoms with Crippen molar-refractivity contribution in [3.63, 3.8) is 0 Å². The lowest BCUT2D eigenvalue weighted by Gasteiger charge is -2.30. The zero-order valence-corrected chi connectivity index (χ0v) is 20.5. The van der Waals surface area contributed by atoms with Gasteiger partial charge in [-0.2, -0.15) is 0 Å². The number of thioether (sulfide) groups is 1. The summed E-state index contributed by atoms with van der Waals surface area (Å²) in [5, 5.41) is 3.00. The molecule has 0 aliphatic heterocycles. The number of rotatable bonds is 13. The van der Waals surface area contributed by atoms with Gasteiger partial charge in [0.1, 0.15) is 11.8 Å². The summed E-state index contributed by atoms with van der Waals surface area (Å²) in [6, 6.07) is 15.4. The second kappa shape index (κ2) is 13.8. The van der Waals surface area contributed by atoms with Crippen molar-refractivity contribution < 1.29 is 14.3 Å². The molecule has 32 heavy (non-hydrogen) atoms. The molecule has 2 aromatic carbocycles. The minimum absolute atomic E-state index is 0.0242. The van der Waals surface area contributed by atoms with Crippen molar-refractivity contribution in [3.05, 3.63) is 65.2 Å². The number of hydrogen-bond acceptors (Lipinski definition) is 4. The van der Waals surface area contributed by atoms with E-state index < -0.39 is 6.04 Å². The highest BCUT2D eigenvalue weighted by atomic mass is 32.2. The summed E-state index contributed by atoms with van der Waals surface area (Å²) in [7, 11) is 1.63. The third-order valence-electron chi connectivity index (χ3n) is 5.45. The zero-order valence-electron chi connectivity index (χ0n) is 19.7. The quantitative estimate of drug-likeness (QED) is 0.433. The third kappa shape index (κ3) is 7.90. The predicted molar refractivity (Wildman–Crippen MR) is 133 cm³/mol. The molecule has 0 saturated carbocycles. The number of methoxy groups -OCH3 is 1. The van der Waals surface area contributed by atoms with E-state index in [9.17, 15) is 9.59 Å². The molecule has 2 aromatic rings. The molecule has 0 saturated heterocycles. The van der Waals surface area contributed by atoms with Crippen molar-refractivity contribution >= 4 is 23.6 Å². The van der Waals surface area contributed by atoms with E-state index in [1.54, 1.807) is 23.8 Å². The fourth-order valence-electron chi connectivity index (χ4n) is 3.50. The van der Waals surface area contributed by atoms with E-state index in [1.807, 2.05) is 43.3 Å². The molecule has 5 nitrogen and oxygen atoms in total. The van der Waals surface area contributed by atoms with Gasteiger partial charge in [0.2, 0.25) is 11.8 Å². The van der Waals surface area contributed by atoms with Crippen molar-refractivity contribution in [1.29, 1.82) is 0 Å². The number of hydrogen-bond donors (Lipinski definition) is 1. The van der Waals surface area contributed by atoms with Crippen molar-refractivity contribution in [2.24, 2.45) is 0 Å². The maximum atomic E-state index is 13.3. The van der Waals surface area contributed by atoms with Crippen molar-refractivity contribution in [2.75, 3.05) is 19.4 Å². The average molecular weight is 457 g/mol. The van der Waals surface area contributed by atoms with Crippen LogP contribution in [0.1, 0.15) is 49.8 Å². The van der Waals surface area contributed by atoms with Gasteiger partial charge < -0.3 is 15.0 Å². The maximum absolute atomic E-state index is 13.3. The summed E-state index contributed by atoms with van der Waals surface area (Å²) in [6.45, 7) is 7.14. The zero-order chi connectivity index (χ0) is 23.3. The number of nitrogens with one attached hydrogen (secondary N) is 1. The van der Waals surface area contributed by atoms with Crippen LogP contribution in [0.25, 0.3) is 0 Å². The van der Waals surface area contributed by atoms with Gasteiger partial charge in [-0.25, -0.2) is 0 Å². The Morgan fingerprint density at radius 3 is 2.59 bits per heavy atom. The van der Waals surface area contributed by atoms with Crippen LogP contribution < -0.4 is 10.1 Å². The van der Waals surface area contributed by atoms with E-state index in [0.717, 1.165) is 29.9 Å². The van der Waals surface area contributed by atoms with E-state index in [-0.39, 0.29) is 11.8 Å². The van der Waals surface area contributed by atoms with Crippen LogP contribution >= 0.6 is 11.8 Å². The topological polar surface area (TPSA) is 58.6 Å². The lowest BCUT2D eigenvalue weighted by Crippen LogP contribution is -2.49. The molecular weight excluding hydrogens is 420 g/mol. The maximum Gasteiger partial charge on any atom is 0.242 e. The molecule has 2 amide bonds. The number of carbonyl (C=O) groups is 2. The van der Waals surface area contributed by atoms with Gasteiger partial charge >= 0.3 is 0 Å². The Hall–Kier alpha value is -2.47. The van der Waals surface area contributed by atoms with Gasteiger partial charge in [0.15, 0.2) is 0 Å². The molecule has 1 atom stereocenters. The van der Waals surface area contributed by atoms with Crippen LogP contribution in [0.3, 0.4) is 0 Å². The first-order valence-corrected chi connectivity index (χ1v) is 12.5. The Bertz CT molecular complexity index is 872. The smallest absolute Gasteiger partial charge is 0.242 e. The highest BCUT2D eigenvalue weighted by Gasteiger charge is 2.28. The Morgan fingerprint density at radius 2 is 1.91 bits per heavy atom. The largest absolute Gasteiger partial charge is 0.497 e. The normalized spacial score (nSPS) is 11.6. The van der Waals surface area contributed by atoms with E-state index in [0.29, 0.717) is 25.3 Å². The predicted octanol–water partition coefficient (Wildman–Crippen LogP) is 4.96. The number of carbonyl (C=O) groups excluding carboxylic acids is 2. The van der Waals surface area contributed by atoms with Crippen LogP contribution in [-0.4, -0.2) is 42.2 Å². The second-order valence-corrected chi connectivity index (χ2v) is 8.85. The van der Waals surface area contributed by atoms with Crippen LogP contribution in [0.15, 0.2) is 48.5 Å². The Balaban J connectivity index is 2.14. The summed E-state index contributed by atoms with van der Waals surface area (Å²) < 4.78 is 5.33. The van der Waals surface area contributed by atoms with E-state index >= 15 is 0 Å². The minimum atomic E-state index is -0.496. The van der Waals surface area contributed by atoms with Crippen molar-refractivity contribution in [2.45, 2.75) is 58.4 Å². The highest BCUT2D eigenvalue weighted by Crippen LogP contribution is 2.20. The molecule has 0 bridgehead atoms. The average Bonchev–Trinajstić information content (AvgIpc) is 2.80. The van der Waals surface area contributed by atoms with Crippen LogP contribution in [0, 0.1) is 6.92 Å². The molecule has 1 N–H and O–H groups in total. The number of unbranched alkanes of at least 4 members (excludes halogenated alkanes) is 1.